The molecule has 1 atom stereocenters. The quantitative estimate of drug-likeness (QED) is 0.391. The predicted molar refractivity (Wildman–Crippen MR) is 125 cm³/mol. The number of aliphatic hydroxyl groups excluding tert-OH is 2. The van der Waals surface area contributed by atoms with Crippen LogP contribution in [0.2, 0.25) is 5.02 Å². The standard InChI is InChI=1S/C23H27ClN4O6/c1-12(2)33-23-18(24)7-16(8-26-23)22-27-21(28-34-22)15-5-13(3)20(14(4)6-15)32-11-17(30)9-25-19(31)10-29/h5-8,12,17,29-30H,9-11H2,1-4H3,(H,25,31)/t17-/m1/s1. The van der Waals surface area contributed by atoms with Crippen LogP contribution >= 0.6 is 11.6 Å². The molecule has 0 fully saturated rings. The highest BCUT2D eigenvalue weighted by Crippen LogP contribution is 2.32. The average molecular weight is 491 g/mol. The molecule has 0 saturated heterocycles. The fourth-order valence-electron chi connectivity index (χ4n) is 3.14. The van der Waals surface area contributed by atoms with Crippen molar-refractivity contribution in [2.45, 2.75) is 39.9 Å². The molecule has 0 aliphatic heterocycles. The largest absolute Gasteiger partial charge is 0.490 e. The van der Waals surface area contributed by atoms with Crippen molar-refractivity contribution in [1.29, 1.82) is 0 Å². The van der Waals surface area contributed by atoms with Gasteiger partial charge in [-0.3, -0.25) is 4.79 Å². The second kappa shape index (κ2) is 11.3. The zero-order chi connectivity index (χ0) is 24.8. The molecule has 34 heavy (non-hydrogen) atoms. The summed E-state index contributed by atoms with van der Waals surface area (Å²) in [5.41, 5.74) is 2.92. The zero-order valence-electron chi connectivity index (χ0n) is 19.3. The Morgan fingerprint density at radius 1 is 1.21 bits per heavy atom. The first-order valence-electron chi connectivity index (χ1n) is 10.6. The van der Waals surface area contributed by atoms with Crippen LogP contribution < -0.4 is 14.8 Å². The van der Waals surface area contributed by atoms with E-state index >= 15 is 0 Å². The van der Waals surface area contributed by atoms with Gasteiger partial charge in [-0.1, -0.05) is 16.8 Å². The average Bonchev–Trinajstić information content (AvgIpc) is 3.28. The third-order valence-electron chi connectivity index (χ3n) is 4.64. The summed E-state index contributed by atoms with van der Waals surface area (Å²) in [5.74, 6) is 1.04. The maximum absolute atomic E-state index is 11.1. The summed E-state index contributed by atoms with van der Waals surface area (Å²) in [6.45, 7) is 6.82. The number of amides is 1. The van der Waals surface area contributed by atoms with Gasteiger partial charge in [-0.05, 0) is 57.0 Å². The van der Waals surface area contributed by atoms with E-state index in [0.717, 1.165) is 16.7 Å². The molecule has 1 amide bonds. The van der Waals surface area contributed by atoms with E-state index in [9.17, 15) is 9.90 Å². The van der Waals surface area contributed by atoms with Crippen molar-refractivity contribution in [2.24, 2.45) is 0 Å². The normalized spacial score (nSPS) is 12.0. The molecule has 11 heteroatoms. The molecular weight excluding hydrogens is 464 g/mol. The summed E-state index contributed by atoms with van der Waals surface area (Å²) in [6, 6.07) is 5.36. The first kappa shape index (κ1) is 25.4. The number of ether oxygens (including phenoxy) is 2. The van der Waals surface area contributed by atoms with Crippen molar-refractivity contribution >= 4 is 17.5 Å². The Morgan fingerprint density at radius 2 is 1.91 bits per heavy atom. The third-order valence-corrected chi connectivity index (χ3v) is 4.92. The summed E-state index contributed by atoms with van der Waals surface area (Å²) in [7, 11) is 0. The highest BCUT2D eigenvalue weighted by Gasteiger charge is 2.17. The number of aryl methyl sites for hydroxylation is 2. The van der Waals surface area contributed by atoms with Crippen molar-refractivity contribution < 1.29 is 29.0 Å². The van der Waals surface area contributed by atoms with Crippen LogP contribution in [0.3, 0.4) is 0 Å². The van der Waals surface area contributed by atoms with Gasteiger partial charge < -0.3 is 29.5 Å². The van der Waals surface area contributed by atoms with Gasteiger partial charge in [-0.25, -0.2) is 4.98 Å². The molecule has 3 aromatic rings. The number of nitrogens with zero attached hydrogens (tertiary/aromatic N) is 3. The van der Waals surface area contributed by atoms with Gasteiger partial charge in [0.05, 0.1) is 11.7 Å². The number of halogens is 1. The van der Waals surface area contributed by atoms with Crippen LogP contribution in [0.5, 0.6) is 11.6 Å². The lowest BCUT2D eigenvalue weighted by molar-refractivity contribution is -0.124. The molecule has 2 aromatic heterocycles. The fourth-order valence-corrected chi connectivity index (χ4v) is 3.35. The molecule has 0 bridgehead atoms. The lowest BCUT2D eigenvalue weighted by Gasteiger charge is -2.16. The van der Waals surface area contributed by atoms with Gasteiger partial charge in [-0.15, -0.1) is 0 Å². The Labute approximate surface area is 201 Å². The van der Waals surface area contributed by atoms with E-state index < -0.39 is 18.6 Å². The molecule has 0 spiro atoms. The van der Waals surface area contributed by atoms with Crippen molar-refractivity contribution in [1.82, 2.24) is 20.4 Å². The van der Waals surface area contributed by atoms with Gasteiger partial charge in [0, 0.05) is 18.3 Å². The van der Waals surface area contributed by atoms with Gasteiger partial charge >= 0.3 is 0 Å². The van der Waals surface area contributed by atoms with Crippen molar-refractivity contribution in [2.75, 3.05) is 19.8 Å². The van der Waals surface area contributed by atoms with Crippen LogP contribution in [0, 0.1) is 13.8 Å². The van der Waals surface area contributed by atoms with Gasteiger partial charge in [0.2, 0.25) is 17.6 Å². The molecule has 3 N–H and O–H groups in total. The Bertz CT molecular complexity index is 1130. The van der Waals surface area contributed by atoms with Gasteiger partial charge in [-0.2, -0.15) is 4.98 Å². The minimum Gasteiger partial charge on any atom is -0.490 e. The Kier molecular flexibility index (Phi) is 8.43. The minimum atomic E-state index is -0.925. The molecule has 0 unspecified atom stereocenters. The van der Waals surface area contributed by atoms with Gasteiger partial charge in [0.1, 0.15) is 30.1 Å². The molecule has 1 aromatic carbocycles. The number of nitrogens with one attached hydrogen (secondary N) is 1. The van der Waals surface area contributed by atoms with Crippen LogP contribution in [-0.4, -0.2) is 63.2 Å². The molecule has 182 valence electrons. The Hall–Kier alpha value is -3.21. The molecule has 0 radical (unpaired) electrons. The monoisotopic (exact) mass is 490 g/mol. The number of hydrogen-bond acceptors (Lipinski definition) is 9. The van der Waals surface area contributed by atoms with Crippen molar-refractivity contribution in [3.8, 4) is 34.5 Å². The highest BCUT2D eigenvalue weighted by atomic mass is 35.5. The minimum absolute atomic E-state index is 0.0232. The second-order valence-electron chi connectivity index (χ2n) is 7.97. The van der Waals surface area contributed by atoms with Crippen LogP contribution in [0.15, 0.2) is 28.9 Å². The van der Waals surface area contributed by atoms with E-state index in [1.54, 1.807) is 12.3 Å². The van der Waals surface area contributed by atoms with Gasteiger partial charge in [0.25, 0.3) is 5.89 Å². The first-order valence-corrected chi connectivity index (χ1v) is 11.0. The van der Waals surface area contributed by atoms with E-state index in [1.807, 2.05) is 39.8 Å². The maximum Gasteiger partial charge on any atom is 0.259 e. The number of rotatable bonds is 10. The lowest BCUT2D eigenvalue weighted by Crippen LogP contribution is -2.36. The van der Waals surface area contributed by atoms with E-state index in [2.05, 4.69) is 20.4 Å². The second-order valence-corrected chi connectivity index (χ2v) is 8.37. The molecule has 0 aliphatic carbocycles. The summed E-state index contributed by atoms with van der Waals surface area (Å²) < 4.78 is 16.7. The summed E-state index contributed by atoms with van der Waals surface area (Å²) >= 11 is 6.26. The number of aromatic nitrogens is 3. The van der Waals surface area contributed by atoms with Gasteiger partial charge in [0.15, 0.2) is 0 Å². The lowest BCUT2D eigenvalue weighted by atomic mass is 10.1. The van der Waals surface area contributed by atoms with E-state index in [4.69, 9.17) is 30.7 Å². The molecule has 3 rings (SSSR count). The smallest absolute Gasteiger partial charge is 0.259 e. The first-order chi connectivity index (χ1) is 16.2. The Morgan fingerprint density at radius 3 is 2.53 bits per heavy atom. The predicted octanol–water partition coefficient (Wildman–Crippen LogP) is 2.70. The summed E-state index contributed by atoms with van der Waals surface area (Å²) in [6.07, 6.45) is 0.578. The third kappa shape index (κ3) is 6.43. The van der Waals surface area contributed by atoms with Crippen LogP contribution in [0.4, 0.5) is 0 Å². The molecule has 0 saturated carbocycles. The van der Waals surface area contributed by atoms with E-state index in [1.165, 1.54) is 0 Å². The highest BCUT2D eigenvalue weighted by molar-refractivity contribution is 6.32. The van der Waals surface area contributed by atoms with Crippen molar-refractivity contribution in [3.05, 3.63) is 40.5 Å². The SMILES string of the molecule is Cc1cc(-c2noc(-c3cnc(OC(C)C)c(Cl)c3)n2)cc(C)c1OC[C@H](O)CNC(=O)CO. The van der Waals surface area contributed by atoms with E-state index in [-0.39, 0.29) is 25.1 Å². The van der Waals surface area contributed by atoms with Crippen molar-refractivity contribution in [3.63, 3.8) is 0 Å². The molecule has 10 nitrogen and oxygen atoms in total. The number of pyridine rings is 1. The maximum atomic E-state index is 11.1. The molecule has 2 heterocycles. The fraction of sp³-hybridized carbons (Fsp3) is 0.391. The molecular formula is C23H27ClN4O6. The van der Waals surface area contributed by atoms with E-state index in [0.29, 0.717) is 28.0 Å². The number of benzene rings is 1. The van der Waals surface area contributed by atoms with Crippen LogP contribution in [0.25, 0.3) is 22.8 Å². The summed E-state index contributed by atoms with van der Waals surface area (Å²) in [4.78, 5) is 19.8. The number of aliphatic hydroxyl groups is 2. The summed E-state index contributed by atoms with van der Waals surface area (Å²) in [5, 5.41) is 25.5. The zero-order valence-corrected chi connectivity index (χ0v) is 20.1. The molecule has 0 aliphatic rings. The number of carbonyl (C=O) groups is 1. The topological polar surface area (TPSA) is 140 Å². The van der Waals surface area contributed by atoms with Crippen LogP contribution in [0.1, 0.15) is 25.0 Å². The number of carbonyl (C=O) groups excluding carboxylic acids is 1. The number of hydrogen-bond donors (Lipinski definition) is 3. The Balaban J connectivity index is 1.72. The van der Waals surface area contributed by atoms with Crippen LogP contribution in [-0.2, 0) is 4.79 Å².